The largest absolute Gasteiger partial charge is 0.454 e. The van der Waals surface area contributed by atoms with E-state index in [1.54, 1.807) is 0 Å². The van der Waals surface area contributed by atoms with Crippen LogP contribution in [0, 0.1) is 0 Å². The van der Waals surface area contributed by atoms with Crippen molar-refractivity contribution in [2.24, 2.45) is 0 Å². The van der Waals surface area contributed by atoms with Crippen LogP contribution >= 0.6 is 11.3 Å². The number of benzene rings is 6. The summed E-state index contributed by atoms with van der Waals surface area (Å²) in [4.78, 5) is 2.36. The lowest BCUT2D eigenvalue weighted by Gasteiger charge is -2.28. The maximum atomic E-state index is 6.84. The molecule has 0 unspecified atom stereocenters. The van der Waals surface area contributed by atoms with Gasteiger partial charge in [-0.1, -0.05) is 103 Å². The average molecular weight is 518 g/mol. The molecular weight excluding hydrogens is 494 g/mol. The molecule has 0 bridgehead atoms. The Balaban J connectivity index is 1.67. The number of rotatable bonds is 4. The van der Waals surface area contributed by atoms with Crippen molar-refractivity contribution >= 4 is 70.5 Å². The molecule has 2 heterocycles. The standard InChI is InChI=1S/C36H23NOS/c1-4-14-24(15-5-1)31-32-28-21-11-13-23-30(28)39-36(32)33-27-20-10-12-22-29(27)38-35(33)34(31)37(25-16-6-2-7-17-25)26-18-8-3-9-19-26/h1-23H. The predicted molar refractivity (Wildman–Crippen MR) is 167 cm³/mol. The fourth-order valence-corrected chi connectivity index (χ4v) is 7.07. The van der Waals surface area contributed by atoms with E-state index in [2.05, 4.69) is 144 Å². The summed E-state index contributed by atoms with van der Waals surface area (Å²) in [5.41, 5.74) is 7.38. The van der Waals surface area contributed by atoms with Crippen molar-refractivity contribution in [3.8, 4) is 11.1 Å². The van der Waals surface area contributed by atoms with E-state index in [1.807, 2.05) is 11.3 Å². The van der Waals surface area contributed by atoms with E-state index >= 15 is 0 Å². The van der Waals surface area contributed by atoms with Gasteiger partial charge in [0.15, 0.2) is 5.58 Å². The first-order valence-corrected chi connectivity index (χ1v) is 13.9. The molecule has 0 N–H and O–H groups in total. The van der Waals surface area contributed by atoms with E-state index in [9.17, 15) is 0 Å². The highest BCUT2D eigenvalue weighted by molar-refractivity contribution is 7.27. The van der Waals surface area contributed by atoms with Crippen LogP contribution < -0.4 is 4.90 Å². The Hall–Kier alpha value is -4.86. The zero-order chi connectivity index (χ0) is 25.8. The molecule has 0 fully saturated rings. The SMILES string of the molecule is c1ccc(-c2c(N(c3ccccc3)c3ccccc3)c3oc4ccccc4c3c3sc4ccccc4c23)cc1. The van der Waals surface area contributed by atoms with Gasteiger partial charge in [0.25, 0.3) is 0 Å². The van der Waals surface area contributed by atoms with E-state index in [1.165, 1.54) is 36.7 Å². The molecule has 184 valence electrons. The van der Waals surface area contributed by atoms with Gasteiger partial charge in [-0.15, -0.1) is 11.3 Å². The van der Waals surface area contributed by atoms with Crippen LogP contribution in [0.1, 0.15) is 0 Å². The minimum Gasteiger partial charge on any atom is -0.454 e. The van der Waals surface area contributed by atoms with E-state index in [0.29, 0.717) is 0 Å². The highest BCUT2D eigenvalue weighted by Crippen LogP contribution is 2.54. The van der Waals surface area contributed by atoms with Gasteiger partial charge < -0.3 is 9.32 Å². The van der Waals surface area contributed by atoms with Crippen LogP contribution in [0.3, 0.4) is 0 Å². The van der Waals surface area contributed by atoms with Crippen LogP contribution in [0.15, 0.2) is 144 Å². The molecule has 0 aliphatic rings. The van der Waals surface area contributed by atoms with Crippen molar-refractivity contribution in [1.82, 2.24) is 0 Å². The number of hydrogen-bond donors (Lipinski definition) is 0. The van der Waals surface area contributed by atoms with Gasteiger partial charge in [0, 0.05) is 47.9 Å². The van der Waals surface area contributed by atoms with E-state index < -0.39 is 0 Å². The molecule has 0 aliphatic carbocycles. The van der Waals surface area contributed by atoms with Gasteiger partial charge in [-0.2, -0.15) is 0 Å². The van der Waals surface area contributed by atoms with Gasteiger partial charge >= 0.3 is 0 Å². The topological polar surface area (TPSA) is 16.4 Å². The third-order valence-electron chi connectivity index (χ3n) is 7.43. The summed E-state index contributed by atoms with van der Waals surface area (Å²) in [6.45, 7) is 0. The van der Waals surface area contributed by atoms with Crippen molar-refractivity contribution in [2.75, 3.05) is 4.90 Å². The molecule has 6 aromatic carbocycles. The Kier molecular flexibility index (Phi) is 5.04. The Bertz CT molecular complexity index is 2070. The fourth-order valence-electron chi connectivity index (χ4n) is 5.80. The van der Waals surface area contributed by atoms with E-state index in [4.69, 9.17) is 4.42 Å². The van der Waals surface area contributed by atoms with Gasteiger partial charge in [0.05, 0.1) is 5.69 Å². The Morgan fingerprint density at radius 1 is 0.513 bits per heavy atom. The molecule has 8 rings (SSSR count). The van der Waals surface area contributed by atoms with Crippen molar-refractivity contribution in [2.45, 2.75) is 0 Å². The third kappa shape index (κ3) is 3.41. The molecule has 2 aromatic heterocycles. The molecule has 0 atom stereocenters. The Morgan fingerprint density at radius 3 is 1.77 bits per heavy atom. The predicted octanol–water partition coefficient (Wildman–Crippen LogP) is 11.1. The first-order chi connectivity index (χ1) is 19.4. The van der Waals surface area contributed by atoms with Crippen LogP contribution in [0.4, 0.5) is 17.1 Å². The Morgan fingerprint density at radius 2 is 1.08 bits per heavy atom. The maximum absolute atomic E-state index is 6.84. The fraction of sp³-hybridized carbons (Fsp3) is 0. The van der Waals surface area contributed by atoms with Crippen molar-refractivity contribution in [1.29, 1.82) is 0 Å². The number of nitrogens with zero attached hydrogens (tertiary/aromatic N) is 1. The monoisotopic (exact) mass is 517 g/mol. The van der Waals surface area contributed by atoms with Crippen LogP contribution in [-0.2, 0) is 0 Å². The zero-order valence-corrected chi connectivity index (χ0v) is 21.9. The first kappa shape index (κ1) is 22.2. The number of thiophene rings is 1. The molecule has 0 saturated heterocycles. The lowest BCUT2D eigenvalue weighted by molar-refractivity contribution is 0.669. The summed E-state index contributed by atoms with van der Waals surface area (Å²) >= 11 is 1.85. The molecular formula is C36H23NOS. The molecule has 3 heteroatoms. The number of anilines is 3. The lowest BCUT2D eigenvalue weighted by atomic mass is 9.94. The van der Waals surface area contributed by atoms with Crippen molar-refractivity contribution in [3.63, 3.8) is 0 Å². The maximum Gasteiger partial charge on any atom is 0.161 e. The Labute approximate surface area is 230 Å². The zero-order valence-electron chi connectivity index (χ0n) is 21.0. The van der Waals surface area contributed by atoms with Crippen molar-refractivity contribution < 1.29 is 4.42 Å². The number of furan rings is 1. The molecule has 8 aromatic rings. The quantitative estimate of drug-likeness (QED) is 0.231. The summed E-state index contributed by atoms with van der Waals surface area (Å²) in [6.07, 6.45) is 0. The van der Waals surface area contributed by atoms with Crippen LogP contribution in [0.2, 0.25) is 0 Å². The second-order valence-corrected chi connectivity index (χ2v) is 10.8. The summed E-state index contributed by atoms with van der Waals surface area (Å²) in [5.74, 6) is 0. The van der Waals surface area contributed by atoms with Gasteiger partial charge in [-0.25, -0.2) is 0 Å². The molecule has 0 radical (unpaired) electrons. The molecule has 2 nitrogen and oxygen atoms in total. The number of fused-ring (bicyclic) bond motifs is 7. The van der Waals surface area contributed by atoms with E-state index in [-0.39, 0.29) is 0 Å². The smallest absolute Gasteiger partial charge is 0.161 e. The molecule has 0 spiro atoms. The highest BCUT2D eigenvalue weighted by Gasteiger charge is 2.28. The molecule has 39 heavy (non-hydrogen) atoms. The van der Waals surface area contributed by atoms with Crippen LogP contribution in [-0.4, -0.2) is 0 Å². The summed E-state index contributed by atoms with van der Waals surface area (Å²) < 4.78 is 9.38. The first-order valence-electron chi connectivity index (χ1n) is 13.1. The van der Waals surface area contributed by atoms with Crippen LogP contribution in [0.25, 0.3) is 53.2 Å². The van der Waals surface area contributed by atoms with Gasteiger partial charge in [0.1, 0.15) is 5.58 Å². The summed E-state index contributed by atoms with van der Waals surface area (Å²) in [6, 6.07) is 49.2. The number of hydrogen-bond acceptors (Lipinski definition) is 3. The molecule has 0 saturated carbocycles. The second kappa shape index (κ2) is 8.87. The van der Waals surface area contributed by atoms with Crippen molar-refractivity contribution in [3.05, 3.63) is 140 Å². The number of para-hydroxylation sites is 3. The van der Waals surface area contributed by atoms with Gasteiger partial charge in [0.2, 0.25) is 0 Å². The average Bonchev–Trinajstić information content (AvgIpc) is 3.58. The molecule has 0 amide bonds. The van der Waals surface area contributed by atoms with Gasteiger partial charge in [-0.3, -0.25) is 0 Å². The second-order valence-electron chi connectivity index (χ2n) is 9.70. The van der Waals surface area contributed by atoms with Crippen LogP contribution in [0.5, 0.6) is 0 Å². The minimum absolute atomic E-state index is 0.902. The lowest BCUT2D eigenvalue weighted by Crippen LogP contribution is -2.11. The highest BCUT2D eigenvalue weighted by atomic mass is 32.1. The van der Waals surface area contributed by atoms with E-state index in [0.717, 1.165) is 33.6 Å². The normalized spacial score (nSPS) is 11.6. The third-order valence-corrected chi connectivity index (χ3v) is 8.62. The summed E-state index contributed by atoms with van der Waals surface area (Å²) in [5, 5.41) is 4.86. The van der Waals surface area contributed by atoms with Gasteiger partial charge in [-0.05, 0) is 42.0 Å². The molecule has 0 aliphatic heterocycles. The minimum atomic E-state index is 0.902. The summed E-state index contributed by atoms with van der Waals surface area (Å²) in [7, 11) is 0.